The quantitative estimate of drug-likeness (QED) is 0.813. The maximum Gasteiger partial charge on any atom is 0.0360 e. The molecular weight excluding hydrogens is 318 g/mol. The largest absolute Gasteiger partial charge is 0.310 e. The lowest BCUT2D eigenvalue weighted by molar-refractivity contribution is 0.529. The highest BCUT2D eigenvalue weighted by molar-refractivity contribution is 9.10. The Kier molecular flexibility index (Phi) is 4.06. The number of hydrogen-bond donors (Lipinski definition) is 1. The minimum absolute atomic E-state index is 0.548. The van der Waals surface area contributed by atoms with Gasteiger partial charge in [0.25, 0.3) is 0 Å². The van der Waals surface area contributed by atoms with Crippen molar-refractivity contribution < 1.29 is 0 Å². The van der Waals surface area contributed by atoms with Crippen molar-refractivity contribution >= 4 is 27.3 Å². The van der Waals surface area contributed by atoms with Gasteiger partial charge in [0, 0.05) is 21.5 Å². The molecule has 19 heavy (non-hydrogen) atoms. The zero-order valence-electron chi connectivity index (χ0n) is 11.1. The molecule has 1 unspecified atom stereocenters. The normalized spacial score (nSPS) is 17.7. The molecule has 100 valence electrons. The molecule has 1 aromatic carbocycles. The third kappa shape index (κ3) is 2.51. The predicted molar refractivity (Wildman–Crippen MR) is 86.8 cm³/mol. The van der Waals surface area contributed by atoms with Crippen molar-refractivity contribution in [2.75, 3.05) is 6.54 Å². The van der Waals surface area contributed by atoms with E-state index in [0.29, 0.717) is 6.04 Å². The van der Waals surface area contributed by atoms with Crippen molar-refractivity contribution in [3.05, 3.63) is 44.6 Å². The van der Waals surface area contributed by atoms with Crippen molar-refractivity contribution in [2.45, 2.75) is 32.2 Å². The van der Waals surface area contributed by atoms with Crippen molar-refractivity contribution in [2.24, 2.45) is 0 Å². The van der Waals surface area contributed by atoms with E-state index in [1.807, 2.05) is 0 Å². The average Bonchev–Trinajstić information content (AvgIpc) is 3.02. The van der Waals surface area contributed by atoms with Crippen LogP contribution < -0.4 is 5.32 Å². The maximum atomic E-state index is 3.67. The number of thiophene rings is 1. The Morgan fingerprint density at radius 2 is 2.21 bits per heavy atom. The lowest BCUT2D eigenvalue weighted by Gasteiger charge is -2.14. The zero-order valence-corrected chi connectivity index (χ0v) is 13.5. The lowest BCUT2D eigenvalue weighted by atomic mass is 9.98. The molecule has 0 amide bonds. The molecule has 0 radical (unpaired) electrons. The monoisotopic (exact) mass is 335 g/mol. The topological polar surface area (TPSA) is 12.0 Å². The van der Waals surface area contributed by atoms with Crippen LogP contribution in [0.5, 0.6) is 0 Å². The van der Waals surface area contributed by atoms with E-state index in [9.17, 15) is 0 Å². The standard InChI is InChI=1S/C16H18BrNS/c1-2-8-18-16-7-6-12-11(4-3-5-13(12)16)14-9-19-10-15(14)17/h3-5,9-10,16,18H,2,6-8H2,1H3. The van der Waals surface area contributed by atoms with Gasteiger partial charge in [0.1, 0.15) is 0 Å². The van der Waals surface area contributed by atoms with E-state index in [-0.39, 0.29) is 0 Å². The van der Waals surface area contributed by atoms with Crippen LogP contribution in [0.25, 0.3) is 11.1 Å². The molecule has 0 bridgehead atoms. The highest BCUT2D eigenvalue weighted by atomic mass is 79.9. The molecule has 0 spiro atoms. The molecule has 0 saturated carbocycles. The van der Waals surface area contributed by atoms with Crippen molar-refractivity contribution in [3.63, 3.8) is 0 Å². The van der Waals surface area contributed by atoms with Gasteiger partial charge in [-0.25, -0.2) is 0 Å². The number of benzene rings is 1. The number of nitrogens with one attached hydrogen (secondary N) is 1. The first-order valence-corrected chi connectivity index (χ1v) is 8.62. The number of fused-ring (bicyclic) bond motifs is 1. The van der Waals surface area contributed by atoms with Crippen LogP contribution in [0.15, 0.2) is 33.4 Å². The predicted octanol–water partition coefficient (Wildman–Crippen LogP) is 5.16. The van der Waals surface area contributed by atoms with Crippen LogP contribution in [0.4, 0.5) is 0 Å². The maximum absolute atomic E-state index is 3.67. The Bertz CT molecular complexity index is 576. The van der Waals surface area contributed by atoms with Gasteiger partial charge in [-0.3, -0.25) is 0 Å². The molecular formula is C16H18BrNS. The summed E-state index contributed by atoms with van der Waals surface area (Å²) in [5.74, 6) is 0. The first-order valence-electron chi connectivity index (χ1n) is 6.88. The first kappa shape index (κ1) is 13.3. The van der Waals surface area contributed by atoms with Gasteiger partial charge in [0.15, 0.2) is 0 Å². The fourth-order valence-electron chi connectivity index (χ4n) is 2.91. The SMILES string of the molecule is CCCNC1CCc2c(-c3cscc3Br)cccc21. The average molecular weight is 336 g/mol. The van der Waals surface area contributed by atoms with Gasteiger partial charge in [0.05, 0.1) is 0 Å². The smallest absolute Gasteiger partial charge is 0.0360 e. The second-order valence-electron chi connectivity index (χ2n) is 5.05. The summed E-state index contributed by atoms with van der Waals surface area (Å²) < 4.78 is 1.22. The minimum atomic E-state index is 0.548. The molecule has 0 fully saturated rings. The Hall–Kier alpha value is -0.640. The summed E-state index contributed by atoms with van der Waals surface area (Å²) in [5, 5.41) is 8.07. The second kappa shape index (κ2) is 5.78. The Morgan fingerprint density at radius 3 is 2.95 bits per heavy atom. The molecule has 1 aliphatic carbocycles. The Balaban J connectivity index is 1.98. The van der Waals surface area contributed by atoms with Crippen molar-refractivity contribution in [1.82, 2.24) is 5.32 Å². The summed E-state index contributed by atoms with van der Waals surface area (Å²) in [6.45, 7) is 3.33. The molecule has 3 heteroatoms. The van der Waals surface area contributed by atoms with Crippen LogP contribution in [0.3, 0.4) is 0 Å². The number of hydrogen-bond acceptors (Lipinski definition) is 2. The van der Waals surface area contributed by atoms with Crippen molar-refractivity contribution in [1.29, 1.82) is 0 Å². The van der Waals surface area contributed by atoms with Crippen molar-refractivity contribution in [3.8, 4) is 11.1 Å². The lowest BCUT2D eigenvalue weighted by Crippen LogP contribution is -2.19. The molecule has 0 saturated heterocycles. The van der Waals surface area contributed by atoms with Crippen LogP contribution in [0, 0.1) is 0 Å². The second-order valence-corrected chi connectivity index (χ2v) is 6.65. The van der Waals surface area contributed by atoms with Crippen LogP contribution >= 0.6 is 27.3 Å². The number of halogens is 1. The third-order valence-corrected chi connectivity index (χ3v) is 5.52. The molecule has 1 heterocycles. The summed E-state index contributed by atoms with van der Waals surface area (Å²) in [5.41, 5.74) is 5.80. The fourth-order valence-corrected chi connectivity index (χ4v) is 4.42. The van der Waals surface area contributed by atoms with Gasteiger partial charge >= 0.3 is 0 Å². The molecule has 0 aliphatic heterocycles. The van der Waals surface area contributed by atoms with Gasteiger partial charge < -0.3 is 5.32 Å². The van der Waals surface area contributed by atoms with E-state index in [1.54, 1.807) is 11.3 Å². The van der Waals surface area contributed by atoms with E-state index in [0.717, 1.165) is 6.54 Å². The summed E-state index contributed by atoms with van der Waals surface area (Å²) in [6, 6.07) is 7.30. The molecule has 3 rings (SSSR count). The van der Waals surface area contributed by atoms with E-state index in [1.165, 1.54) is 46.0 Å². The highest BCUT2D eigenvalue weighted by Gasteiger charge is 2.24. The summed E-state index contributed by atoms with van der Waals surface area (Å²) in [7, 11) is 0. The summed E-state index contributed by atoms with van der Waals surface area (Å²) >= 11 is 5.42. The molecule has 1 atom stereocenters. The van der Waals surface area contributed by atoms with E-state index in [4.69, 9.17) is 0 Å². The Labute approximate surface area is 127 Å². The summed E-state index contributed by atoms with van der Waals surface area (Å²) in [6.07, 6.45) is 3.62. The Morgan fingerprint density at radius 1 is 1.32 bits per heavy atom. The third-order valence-electron chi connectivity index (χ3n) is 3.82. The van der Waals surface area contributed by atoms with E-state index < -0.39 is 0 Å². The van der Waals surface area contributed by atoms with Gasteiger partial charge in [-0.05, 0) is 63.8 Å². The fraction of sp³-hybridized carbons (Fsp3) is 0.375. The van der Waals surface area contributed by atoms with Gasteiger partial charge in [-0.1, -0.05) is 25.1 Å². The van der Waals surface area contributed by atoms with Crippen LogP contribution in [0.1, 0.15) is 36.9 Å². The van der Waals surface area contributed by atoms with E-state index >= 15 is 0 Å². The van der Waals surface area contributed by atoms with Gasteiger partial charge in [0.2, 0.25) is 0 Å². The molecule has 1 N–H and O–H groups in total. The molecule has 1 aliphatic rings. The molecule has 2 aromatic rings. The molecule has 1 aromatic heterocycles. The van der Waals surface area contributed by atoms with E-state index in [2.05, 4.69) is 57.1 Å². The van der Waals surface area contributed by atoms with Gasteiger partial charge in [-0.15, -0.1) is 0 Å². The van der Waals surface area contributed by atoms with Crippen LogP contribution in [-0.4, -0.2) is 6.54 Å². The number of rotatable bonds is 4. The minimum Gasteiger partial charge on any atom is -0.310 e. The van der Waals surface area contributed by atoms with Crippen LogP contribution in [-0.2, 0) is 6.42 Å². The first-order chi connectivity index (χ1) is 9.31. The summed E-state index contributed by atoms with van der Waals surface area (Å²) in [4.78, 5) is 0. The molecule has 1 nitrogen and oxygen atoms in total. The van der Waals surface area contributed by atoms with Gasteiger partial charge in [-0.2, -0.15) is 11.3 Å². The highest BCUT2D eigenvalue weighted by Crippen LogP contribution is 2.40. The zero-order chi connectivity index (χ0) is 13.2. The van der Waals surface area contributed by atoms with Crippen LogP contribution in [0.2, 0.25) is 0 Å².